The molecule has 0 aliphatic rings. The summed E-state index contributed by atoms with van der Waals surface area (Å²) >= 11 is 0. The van der Waals surface area contributed by atoms with Gasteiger partial charge in [0.25, 0.3) is 0 Å². The molecule has 14 heavy (non-hydrogen) atoms. The number of aliphatic hydroxyl groups is 1. The number of carbonyl (C=O) groups excluding carboxylic acids is 1. The Morgan fingerprint density at radius 2 is 2.07 bits per heavy atom. The third-order valence-electron chi connectivity index (χ3n) is 1.64. The quantitative estimate of drug-likeness (QED) is 0.721. The molecule has 1 amide bonds. The Morgan fingerprint density at radius 1 is 1.50 bits per heavy atom. The molecule has 0 aromatic rings. The second-order valence-corrected chi connectivity index (χ2v) is 2.98. The van der Waals surface area contributed by atoms with Crippen LogP contribution in [0.15, 0.2) is 0 Å². The van der Waals surface area contributed by atoms with E-state index in [1.807, 2.05) is 0 Å². The van der Waals surface area contributed by atoms with Crippen LogP contribution in [0.2, 0.25) is 0 Å². The smallest absolute Gasteiger partial charge is 0.389 e. The molecule has 6 heteroatoms. The summed E-state index contributed by atoms with van der Waals surface area (Å²) in [5.41, 5.74) is 0. The predicted molar refractivity (Wildman–Crippen MR) is 44.6 cm³/mol. The summed E-state index contributed by atoms with van der Waals surface area (Å²) in [6.07, 6.45) is -6.24. The van der Waals surface area contributed by atoms with E-state index < -0.39 is 31.0 Å². The van der Waals surface area contributed by atoms with Crippen LogP contribution in [-0.4, -0.2) is 29.8 Å². The van der Waals surface area contributed by atoms with E-state index >= 15 is 0 Å². The van der Waals surface area contributed by atoms with Crippen molar-refractivity contribution in [2.24, 2.45) is 0 Å². The first kappa shape index (κ1) is 13.2. The number of amides is 1. The molecule has 0 aromatic carbocycles. The van der Waals surface area contributed by atoms with E-state index in [0.29, 0.717) is 6.42 Å². The van der Waals surface area contributed by atoms with E-state index in [-0.39, 0.29) is 6.54 Å². The van der Waals surface area contributed by atoms with Gasteiger partial charge >= 0.3 is 6.18 Å². The standard InChI is InChI=1S/C8H14F3NO2/c1-2-6(13)5-12-7(14)3-4-8(9,10)11/h6,13H,2-5H2,1H3,(H,12,14). The van der Waals surface area contributed by atoms with Gasteiger partial charge in [-0.2, -0.15) is 13.2 Å². The Labute approximate surface area is 80.3 Å². The van der Waals surface area contributed by atoms with E-state index in [4.69, 9.17) is 5.11 Å². The van der Waals surface area contributed by atoms with Gasteiger partial charge in [0.2, 0.25) is 5.91 Å². The maximum atomic E-state index is 11.7. The molecule has 84 valence electrons. The maximum absolute atomic E-state index is 11.7. The van der Waals surface area contributed by atoms with Crippen molar-refractivity contribution in [2.75, 3.05) is 6.54 Å². The Balaban J connectivity index is 3.57. The molecule has 3 nitrogen and oxygen atoms in total. The van der Waals surface area contributed by atoms with E-state index in [2.05, 4.69) is 5.32 Å². The van der Waals surface area contributed by atoms with Crippen molar-refractivity contribution in [3.05, 3.63) is 0 Å². The van der Waals surface area contributed by atoms with Crippen LogP contribution >= 0.6 is 0 Å². The molecule has 0 radical (unpaired) electrons. The molecule has 1 atom stereocenters. The van der Waals surface area contributed by atoms with Crippen molar-refractivity contribution < 1.29 is 23.1 Å². The van der Waals surface area contributed by atoms with Gasteiger partial charge in [-0.05, 0) is 6.42 Å². The zero-order valence-electron chi connectivity index (χ0n) is 7.90. The lowest BCUT2D eigenvalue weighted by Gasteiger charge is -2.10. The molecule has 0 fully saturated rings. The summed E-state index contributed by atoms with van der Waals surface area (Å²) < 4.78 is 35.0. The lowest BCUT2D eigenvalue weighted by molar-refractivity contribution is -0.144. The molecule has 0 aromatic heterocycles. The van der Waals surface area contributed by atoms with Gasteiger partial charge in [0, 0.05) is 13.0 Å². The van der Waals surface area contributed by atoms with Crippen molar-refractivity contribution >= 4 is 5.91 Å². The van der Waals surface area contributed by atoms with Gasteiger partial charge in [-0.25, -0.2) is 0 Å². The van der Waals surface area contributed by atoms with Crippen LogP contribution < -0.4 is 5.32 Å². The van der Waals surface area contributed by atoms with Gasteiger partial charge in [-0.1, -0.05) is 6.92 Å². The minimum Gasteiger partial charge on any atom is -0.391 e. The van der Waals surface area contributed by atoms with Crippen LogP contribution in [0.1, 0.15) is 26.2 Å². The second-order valence-electron chi connectivity index (χ2n) is 2.98. The highest BCUT2D eigenvalue weighted by atomic mass is 19.4. The molecule has 1 unspecified atom stereocenters. The molecule has 0 heterocycles. The number of hydrogen-bond acceptors (Lipinski definition) is 2. The Morgan fingerprint density at radius 3 is 2.50 bits per heavy atom. The SMILES string of the molecule is CCC(O)CNC(=O)CCC(F)(F)F. The minimum atomic E-state index is -4.30. The fraction of sp³-hybridized carbons (Fsp3) is 0.875. The van der Waals surface area contributed by atoms with Gasteiger partial charge in [0.15, 0.2) is 0 Å². The molecule has 0 saturated carbocycles. The van der Waals surface area contributed by atoms with Crippen LogP contribution in [0, 0.1) is 0 Å². The highest BCUT2D eigenvalue weighted by Gasteiger charge is 2.27. The summed E-state index contributed by atoms with van der Waals surface area (Å²) in [5, 5.41) is 11.2. The summed E-state index contributed by atoms with van der Waals surface area (Å²) in [4.78, 5) is 10.8. The van der Waals surface area contributed by atoms with Crippen molar-refractivity contribution in [2.45, 2.75) is 38.5 Å². The molecule has 2 N–H and O–H groups in total. The first-order chi connectivity index (χ1) is 6.35. The molecule has 0 aliphatic carbocycles. The number of carbonyl (C=O) groups is 1. The van der Waals surface area contributed by atoms with Gasteiger partial charge in [0.05, 0.1) is 12.5 Å². The molecule has 0 bridgehead atoms. The van der Waals surface area contributed by atoms with Crippen molar-refractivity contribution in [1.82, 2.24) is 5.32 Å². The fourth-order valence-electron chi connectivity index (χ4n) is 0.720. The number of alkyl halides is 3. The minimum absolute atomic E-state index is 0.00713. The fourth-order valence-corrected chi connectivity index (χ4v) is 0.720. The third-order valence-corrected chi connectivity index (χ3v) is 1.64. The zero-order valence-corrected chi connectivity index (χ0v) is 7.90. The Hall–Kier alpha value is -0.780. The van der Waals surface area contributed by atoms with Crippen LogP contribution in [0.4, 0.5) is 13.2 Å². The normalized spacial score (nSPS) is 13.8. The number of aliphatic hydroxyl groups excluding tert-OH is 1. The van der Waals surface area contributed by atoms with Crippen LogP contribution in [0.5, 0.6) is 0 Å². The van der Waals surface area contributed by atoms with Gasteiger partial charge in [0.1, 0.15) is 0 Å². The molecule has 0 spiro atoms. The predicted octanol–water partition coefficient (Wildman–Crippen LogP) is 1.22. The molecular weight excluding hydrogens is 199 g/mol. The average molecular weight is 213 g/mol. The highest BCUT2D eigenvalue weighted by molar-refractivity contribution is 5.75. The van der Waals surface area contributed by atoms with E-state index in [9.17, 15) is 18.0 Å². The van der Waals surface area contributed by atoms with Gasteiger partial charge in [-0.15, -0.1) is 0 Å². The summed E-state index contributed by atoms with van der Waals surface area (Å²) in [7, 11) is 0. The van der Waals surface area contributed by atoms with Crippen molar-refractivity contribution in [3.8, 4) is 0 Å². The summed E-state index contributed by atoms with van der Waals surface area (Å²) in [6.45, 7) is 1.72. The van der Waals surface area contributed by atoms with E-state index in [1.54, 1.807) is 6.92 Å². The highest BCUT2D eigenvalue weighted by Crippen LogP contribution is 2.20. The summed E-state index contributed by atoms with van der Waals surface area (Å²) in [5.74, 6) is -0.685. The topological polar surface area (TPSA) is 49.3 Å². The van der Waals surface area contributed by atoms with Crippen molar-refractivity contribution in [3.63, 3.8) is 0 Å². The monoisotopic (exact) mass is 213 g/mol. The largest absolute Gasteiger partial charge is 0.391 e. The second kappa shape index (κ2) is 5.85. The van der Waals surface area contributed by atoms with Crippen LogP contribution in [0.3, 0.4) is 0 Å². The van der Waals surface area contributed by atoms with Crippen molar-refractivity contribution in [1.29, 1.82) is 0 Å². The number of nitrogens with one attached hydrogen (secondary N) is 1. The van der Waals surface area contributed by atoms with Gasteiger partial charge < -0.3 is 10.4 Å². The Kier molecular flexibility index (Phi) is 5.52. The lowest BCUT2D eigenvalue weighted by atomic mass is 10.2. The van der Waals surface area contributed by atoms with Crippen LogP contribution in [0.25, 0.3) is 0 Å². The zero-order chi connectivity index (χ0) is 11.2. The van der Waals surface area contributed by atoms with Crippen LogP contribution in [-0.2, 0) is 4.79 Å². The first-order valence-electron chi connectivity index (χ1n) is 4.36. The lowest BCUT2D eigenvalue weighted by Crippen LogP contribution is -2.32. The molecule has 0 aliphatic heterocycles. The summed E-state index contributed by atoms with van der Waals surface area (Å²) in [6, 6.07) is 0. The average Bonchev–Trinajstić information content (AvgIpc) is 2.09. The van der Waals surface area contributed by atoms with E-state index in [1.165, 1.54) is 0 Å². The Bertz CT molecular complexity index is 182. The molecular formula is C8H14F3NO2. The van der Waals surface area contributed by atoms with E-state index in [0.717, 1.165) is 0 Å². The number of hydrogen-bond donors (Lipinski definition) is 2. The number of halogens is 3. The first-order valence-corrected chi connectivity index (χ1v) is 4.36. The molecule has 0 rings (SSSR count). The van der Waals surface area contributed by atoms with Gasteiger partial charge in [-0.3, -0.25) is 4.79 Å². The maximum Gasteiger partial charge on any atom is 0.389 e. The molecule has 0 saturated heterocycles. The third kappa shape index (κ3) is 7.85. The number of rotatable bonds is 5.